The van der Waals surface area contributed by atoms with Gasteiger partial charge in [0, 0.05) is 30.0 Å². The number of aromatic nitrogens is 2. The van der Waals surface area contributed by atoms with E-state index >= 15 is 0 Å². The van der Waals surface area contributed by atoms with Crippen LogP contribution in [0.3, 0.4) is 0 Å². The summed E-state index contributed by atoms with van der Waals surface area (Å²) in [6, 6.07) is 4.88. The van der Waals surface area contributed by atoms with Crippen molar-refractivity contribution in [1.29, 1.82) is 0 Å². The number of nitrogens with one attached hydrogen (secondary N) is 1. The summed E-state index contributed by atoms with van der Waals surface area (Å²) in [7, 11) is 0. The Kier molecular flexibility index (Phi) is 2.88. The molecule has 0 amide bonds. The average Bonchev–Trinajstić information content (AvgIpc) is 2.98. The van der Waals surface area contributed by atoms with Gasteiger partial charge in [0.25, 0.3) is 0 Å². The monoisotopic (exact) mass is 245 g/mol. The minimum absolute atomic E-state index is 0.194. The van der Waals surface area contributed by atoms with Crippen LogP contribution in [0.2, 0.25) is 0 Å². The lowest BCUT2D eigenvalue weighted by Crippen LogP contribution is -2.11. The third-order valence-corrected chi connectivity index (χ3v) is 3.56. The fraction of sp³-hybridized carbons (Fsp3) is 0.357. The molecule has 1 unspecified atom stereocenters. The number of hydrogen-bond donors (Lipinski definition) is 1. The molecule has 1 aliphatic heterocycles. The van der Waals surface area contributed by atoms with E-state index < -0.39 is 0 Å². The topological polar surface area (TPSA) is 29.9 Å². The molecule has 0 radical (unpaired) electrons. The van der Waals surface area contributed by atoms with E-state index in [2.05, 4.69) is 14.9 Å². The molecule has 2 heterocycles. The van der Waals surface area contributed by atoms with Crippen LogP contribution in [0.1, 0.15) is 23.6 Å². The van der Waals surface area contributed by atoms with Crippen molar-refractivity contribution in [1.82, 2.24) is 14.9 Å². The highest BCUT2D eigenvalue weighted by atomic mass is 19.1. The van der Waals surface area contributed by atoms with E-state index in [-0.39, 0.29) is 5.82 Å². The molecule has 0 bridgehead atoms. The molecule has 0 spiro atoms. The van der Waals surface area contributed by atoms with Gasteiger partial charge in [0.05, 0.1) is 6.33 Å². The Morgan fingerprint density at radius 1 is 1.44 bits per heavy atom. The van der Waals surface area contributed by atoms with Crippen LogP contribution in [0.5, 0.6) is 0 Å². The van der Waals surface area contributed by atoms with Gasteiger partial charge in [-0.1, -0.05) is 0 Å². The zero-order valence-electron chi connectivity index (χ0n) is 10.4. The second kappa shape index (κ2) is 4.53. The normalized spacial score (nSPS) is 19.3. The van der Waals surface area contributed by atoms with Crippen molar-refractivity contribution in [3.05, 3.63) is 47.8 Å². The summed E-state index contributed by atoms with van der Waals surface area (Å²) in [5, 5.41) is 3.36. The van der Waals surface area contributed by atoms with Gasteiger partial charge in [-0.2, -0.15) is 0 Å². The van der Waals surface area contributed by atoms with E-state index in [0.717, 1.165) is 30.8 Å². The Hall–Kier alpha value is -1.68. The van der Waals surface area contributed by atoms with Gasteiger partial charge in [0.15, 0.2) is 0 Å². The van der Waals surface area contributed by atoms with Crippen molar-refractivity contribution in [3.8, 4) is 5.69 Å². The summed E-state index contributed by atoms with van der Waals surface area (Å²) >= 11 is 0. The van der Waals surface area contributed by atoms with E-state index in [4.69, 9.17) is 0 Å². The third-order valence-electron chi connectivity index (χ3n) is 3.56. The summed E-state index contributed by atoms with van der Waals surface area (Å²) in [4.78, 5) is 4.25. The minimum Gasteiger partial charge on any atom is -0.316 e. The second-order valence-electron chi connectivity index (χ2n) is 4.81. The quantitative estimate of drug-likeness (QED) is 0.880. The number of halogens is 1. The molecule has 0 aliphatic carbocycles. The lowest BCUT2D eigenvalue weighted by atomic mass is 10.0. The molecule has 3 nitrogen and oxygen atoms in total. The van der Waals surface area contributed by atoms with E-state index in [1.165, 1.54) is 11.8 Å². The largest absolute Gasteiger partial charge is 0.316 e. The molecule has 1 atom stereocenters. The van der Waals surface area contributed by atoms with Crippen LogP contribution in [-0.2, 0) is 0 Å². The van der Waals surface area contributed by atoms with Gasteiger partial charge in [-0.25, -0.2) is 9.37 Å². The maximum absolute atomic E-state index is 13.2. The molecule has 4 heteroatoms. The zero-order chi connectivity index (χ0) is 12.5. The number of imidazole rings is 1. The minimum atomic E-state index is -0.194. The van der Waals surface area contributed by atoms with E-state index in [0.29, 0.717) is 5.92 Å². The molecule has 1 fully saturated rings. The van der Waals surface area contributed by atoms with Crippen LogP contribution in [0, 0.1) is 12.7 Å². The van der Waals surface area contributed by atoms with Crippen molar-refractivity contribution in [2.45, 2.75) is 19.3 Å². The Labute approximate surface area is 106 Å². The van der Waals surface area contributed by atoms with Crippen LogP contribution in [0.4, 0.5) is 4.39 Å². The van der Waals surface area contributed by atoms with Crippen molar-refractivity contribution >= 4 is 0 Å². The zero-order valence-corrected chi connectivity index (χ0v) is 10.4. The first-order valence-electron chi connectivity index (χ1n) is 6.25. The molecular weight excluding hydrogens is 229 g/mol. The fourth-order valence-corrected chi connectivity index (χ4v) is 2.60. The first-order chi connectivity index (χ1) is 8.75. The lowest BCUT2D eigenvalue weighted by molar-refractivity contribution is 0.625. The molecular formula is C14H16FN3. The third kappa shape index (κ3) is 1.93. The predicted octanol–water partition coefficient (Wildman–Crippen LogP) is 2.40. The van der Waals surface area contributed by atoms with Gasteiger partial charge in [-0.15, -0.1) is 0 Å². The second-order valence-corrected chi connectivity index (χ2v) is 4.81. The summed E-state index contributed by atoms with van der Waals surface area (Å²) < 4.78 is 15.2. The Morgan fingerprint density at radius 3 is 3.06 bits per heavy atom. The van der Waals surface area contributed by atoms with Crippen molar-refractivity contribution in [3.63, 3.8) is 0 Å². The van der Waals surface area contributed by atoms with Gasteiger partial charge in [-0.3, -0.25) is 0 Å². The Bertz CT molecular complexity index is 556. The molecule has 18 heavy (non-hydrogen) atoms. The Balaban J connectivity index is 2.03. The van der Waals surface area contributed by atoms with Crippen molar-refractivity contribution in [2.24, 2.45) is 0 Å². The highest BCUT2D eigenvalue weighted by Crippen LogP contribution is 2.26. The van der Waals surface area contributed by atoms with E-state index in [1.54, 1.807) is 6.07 Å². The van der Waals surface area contributed by atoms with Gasteiger partial charge < -0.3 is 9.88 Å². The number of rotatable bonds is 2. The molecule has 1 aliphatic rings. The smallest absolute Gasteiger partial charge is 0.123 e. The van der Waals surface area contributed by atoms with Crippen LogP contribution in [-0.4, -0.2) is 22.6 Å². The SMILES string of the molecule is Cc1cc(F)ccc1-n1cncc1C1CCNC1. The van der Waals surface area contributed by atoms with Gasteiger partial charge in [0.1, 0.15) is 5.82 Å². The van der Waals surface area contributed by atoms with Crippen molar-refractivity contribution in [2.75, 3.05) is 13.1 Å². The van der Waals surface area contributed by atoms with Crippen molar-refractivity contribution < 1.29 is 4.39 Å². The first kappa shape index (κ1) is 11.4. The maximum Gasteiger partial charge on any atom is 0.123 e. The molecule has 1 N–H and O–H groups in total. The van der Waals surface area contributed by atoms with E-state index in [1.807, 2.05) is 25.5 Å². The molecule has 94 valence electrons. The lowest BCUT2D eigenvalue weighted by Gasteiger charge is -2.14. The van der Waals surface area contributed by atoms with Gasteiger partial charge >= 0.3 is 0 Å². The standard InChI is InChI=1S/C14H16FN3/c1-10-6-12(15)2-3-13(10)18-9-17-8-14(18)11-4-5-16-7-11/h2-3,6,8-9,11,16H,4-5,7H2,1H3. The summed E-state index contributed by atoms with van der Waals surface area (Å²) in [6.07, 6.45) is 4.86. The molecule has 1 aromatic heterocycles. The first-order valence-corrected chi connectivity index (χ1v) is 6.25. The van der Waals surface area contributed by atoms with E-state index in [9.17, 15) is 4.39 Å². The van der Waals surface area contributed by atoms with Crippen LogP contribution in [0.25, 0.3) is 5.69 Å². The molecule has 0 saturated carbocycles. The molecule has 1 aromatic carbocycles. The van der Waals surface area contributed by atoms with Crippen LogP contribution >= 0.6 is 0 Å². The summed E-state index contributed by atoms with van der Waals surface area (Å²) in [6.45, 7) is 3.97. The number of benzene rings is 1. The fourth-order valence-electron chi connectivity index (χ4n) is 2.60. The number of hydrogen-bond acceptors (Lipinski definition) is 2. The highest BCUT2D eigenvalue weighted by molar-refractivity contribution is 5.42. The average molecular weight is 245 g/mol. The van der Waals surface area contributed by atoms with Crippen LogP contribution < -0.4 is 5.32 Å². The Morgan fingerprint density at radius 2 is 2.33 bits per heavy atom. The number of aryl methyl sites for hydroxylation is 1. The molecule has 2 aromatic rings. The summed E-state index contributed by atoms with van der Waals surface area (Å²) in [5.41, 5.74) is 3.14. The maximum atomic E-state index is 13.2. The molecule has 3 rings (SSSR count). The van der Waals surface area contributed by atoms with Gasteiger partial charge in [0.2, 0.25) is 0 Å². The predicted molar refractivity (Wildman–Crippen MR) is 68.5 cm³/mol. The highest BCUT2D eigenvalue weighted by Gasteiger charge is 2.21. The molecule has 1 saturated heterocycles. The number of nitrogens with zero attached hydrogens (tertiary/aromatic N) is 2. The van der Waals surface area contributed by atoms with Gasteiger partial charge in [-0.05, 0) is 43.7 Å². The summed E-state index contributed by atoms with van der Waals surface area (Å²) in [5.74, 6) is 0.303. The van der Waals surface area contributed by atoms with Crippen LogP contribution in [0.15, 0.2) is 30.7 Å².